The van der Waals surface area contributed by atoms with E-state index in [1.165, 1.54) is 11.3 Å². The number of anilines is 2. The summed E-state index contributed by atoms with van der Waals surface area (Å²) in [6, 6.07) is 10.5. The Labute approximate surface area is 191 Å². The van der Waals surface area contributed by atoms with E-state index in [2.05, 4.69) is 59.9 Å². The topological polar surface area (TPSA) is 73.6 Å². The smallest absolute Gasteiger partial charge is 0.326 e. The summed E-state index contributed by atoms with van der Waals surface area (Å²) in [4.78, 5) is 24.5. The number of hydrogen-bond donors (Lipinski definition) is 2. The van der Waals surface area contributed by atoms with Crippen molar-refractivity contribution >= 4 is 40.3 Å². The van der Waals surface area contributed by atoms with Crippen molar-refractivity contribution in [2.24, 2.45) is 0 Å². The normalized spacial score (nSPS) is 15.0. The minimum Gasteiger partial charge on any atom is -0.368 e. The van der Waals surface area contributed by atoms with Gasteiger partial charge < -0.3 is 15.2 Å². The summed E-state index contributed by atoms with van der Waals surface area (Å²) in [5, 5.41) is 4.06. The number of nitrogens with zero attached hydrogens (tertiary/aromatic N) is 5. The minimum absolute atomic E-state index is 0.146. The van der Waals surface area contributed by atoms with Gasteiger partial charge in [-0.1, -0.05) is 18.3 Å². The molecule has 5 rings (SSSR count). The van der Waals surface area contributed by atoms with Crippen LogP contribution in [0.25, 0.3) is 16.4 Å². The van der Waals surface area contributed by atoms with Crippen LogP contribution in [-0.4, -0.2) is 57.1 Å². The maximum Gasteiger partial charge on any atom is 0.326 e. The molecule has 0 atom stereocenters. The molecule has 8 nitrogen and oxygen atoms in total. The fourth-order valence-electron chi connectivity index (χ4n) is 4.46. The number of hydrogen-bond acceptors (Lipinski definition) is 6. The fraction of sp³-hybridized carbons (Fsp3) is 0.348. The molecule has 0 radical (unpaired) electrons. The quantitative estimate of drug-likeness (QED) is 0.456. The fourth-order valence-corrected chi connectivity index (χ4v) is 4.85. The van der Waals surface area contributed by atoms with Gasteiger partial charge in [0.05, 0.1) is 22.9 Å². The zero-order valence-corrected chi connectivity index (χ0v) is 19.2. The zero-order valence-electron chi connectivity index (χ0n) is 18.3. The summed E-state index contributed by atoms with van der Waals surface area (Å²) in [5.74, 6) is 0.849. The van der Waals surface area contributed by atoms with Gasteiger partial charge in [-0.25, -0.2) is 9.78 Å². The van der Waals surface area contributed by atoms with Crippen molar-refractivity contribution in [3.63, 3.8) is 0 Å². The Morgan fingerprint density at radius 2 is 1.97 bits per heavy atom. The van der Waals surface area contributed by atoms with E-state index in [1.54, 1.807) is 4.57 Å². The molecular formula is C23H27N7OS. The lowest BCUT2D eigenvalue weighted by Gasteiger charge is -2.36. The molecule has 3 aromatic heterocycles. The van der Waals surface area contributed by atoms with Crippen LogP contribution in [0, 0.1) is 4.64 Å². The summed E-state index contributed by atoms with van der Waals surface area (Å²) in [5.41, 5.74) is 4.14. The van der Waals surface area contributed by atoms with Crippen LogP contribution in [0.4, 0.5) is 11.6 Å². The number of aromatic nitrogens is 4. The van der Waals surface area contributed by atoms with Gasteiger partial charge in [-0.3, -0.25) is 13.9 Å². The molecule has 0 spiro atoms. The highest BCUT2D eigenvalue weighted by Gasteiger charge is 2.18. The zero-order chi connectivity index (χ0) is 22.2. The van der Waals surface area contributed by atoms with E-state index < -0.39 is 0 Å². The number of aromatic amines is 1. The lowest BCUT2D eigenvalue weighted by molar-refractivity contribution is 0.250. The highest BCUT2D eigenvalue weighted by atomic mass is 32.1. The predicted molar refractivity (Wildman–Crippen MR) is 131 cm³/mol. The second kappa shape index (κ2) is 8.40. The minimum atomic E-state index is -0.146. The van der Waals surface area contributed by atoms with E-state index >= 15 is 0 Å². The van der Waals surface area contributed by atoms with Gasteiger partial charge in [0, 0.05) is 57.9 Å². The molecule has 1 aliphatic rings. The molecule has 166 valence electrons. The summed E-state index contributed by atoms with van der Waals surface area (Å²) in [6.07, 6.45) is 4.03. The molecule has 0 amide bonds. The van der Waals surface area contributed by atoms with Crippen LogP contribution in [0.2, 0.25) is 0 Å². The van der Waals surface area contributed by atoms with Crippen LogP contribution < -0.4 is 15.9 Å². The third-order valence-corrected chi connectivity index (χ3v) is 6.68. The first-order chi connectivity index (χ1) is 15.6. The van der Waals surface area contributed by atoms with E-state index in [-0.39, 0.29) is 5.69 Å². The Hall–Kier alpha value is -3.17. The molecule has 4 heterocycles. The lowest BCUT2D eigenvalue weighted by atomic mass is 10.1. The number of H-pyrrole nitrogens is 1. The number of fused-ring (bicyclic) bond motifs is 2. The van der Waals surface area contributed by atoms with E-state index in [9.17, 15) is 4.79 Å². The van der Waals surface area contributed by atoms with Crippen LogP contribution >= 0.6 is 12.2 Å². The molecule has 2 N–H and O–H groups in total. The number of rotatable bonds is 5. The average Bonchev–Trinajstić information content (AvgIpc) is 3.22. The number of benzene rings is 1. The predicted octanol–water partition coefficient (Wildman–Crippen LogP) is 3.09. The number of piperazine rings is 1. The third-order valence-electron chi connectivity index (χ3n) is 6.24. The average molecular weight is 450 g/mol. The van der Waals surface area contributed by atoms with Gasteiger partial charge in [0.25, 0.3) is 0 Å². The van der Waals surface area contributed by atoms with Crippen molar-refractivity contribution in [2.75, 3.05) is 43.4 Å². The van der Waals surface area contributed by atoms with Gasteiger partial charge in [0.15, 0.2) is 0 Å². The molecule has 0 aliphatic carbocycles. The van der Waals surface area contributed by atoms with Crippen molar-refractivity contribution in [2.45, 2.75) is 20.0 Å². The van der Waals surface area contributed by atoms with Crippen LogP contribution in [0.15, 0.2) is 47.5 Å². The van der Waals surface area contributed by atoms with Gasteiger partial charge >= 0.3 is 5.69 Å². The van der Waals surface area contributed by atoms with Gasteiger partial charge in [-0.15, -0.1) is 0 Å². The summed E-state index contributed by atoms with van der Waals surface area (Å²) in [6.45, 7) is 7.24. The Bertz CT molecular complexity index is 1400. The SMILES string of the molecule is CCn1c(=O)[nH]c2cc(CN3CCN(c4ccc5cnc(NC)n5c4)CC3)ccc2c1=S. The van der Waals surface area contributed by atoms with Gasteiger partial charge in [-0.2, -0.15) is 0 Å². The first-order valence-electron chi connectivity index (χ1n) is 11.0. The van der Waals surface area contributed by atoms with E-state index in [1.807, 2.05) is 26.2 Å². The van der Waals surface area contributed by atoms with Crippen LogP contribution in [0.5, 0.6) is 0 Å². The third kappa shape index (κ3) is 3.67. The van der Waals surface area contributed by atoms with Crippen molar-refractivity contribution in [1.29, 1.82) is 0 Å². The van der Waals surface area contributed by atoms with Crippen molar-refractivity contribution in [3.8, 4) is 0 Å². The molecule has 0 saturated carbocycles. The van der Waals surface area contributed by atoms with E-state index in [0.717, 1.165) is 55.1 Å². The molecule has 1 aliphatic heterocycles. The molecule has 32 heavy (non-hydrogen) atoms. The van der Waals surface area contributed by atoms with E-state index in [0.29, 0.717) is 11.2 Å². The summed E-state index contributed by atoms with van der Waals surface area (Å²) >= 11 is 5.50. The van der Waals surface area contributed by atoms with Crippen molar-refractivity contribution in [1.82, 2.24) is 23.8 Å². The standard InChI is InChI=1S/C23H27N7OS/c1-3-29-21(32)19-7-4-16(12-20(19)26-23(29)31)14-27-8-10-28(11-9-27)18-6-5-17-13-25-22(24-2)30(17)15-18/h4-7,12-13,15H,3,8-11,14H2,1-2H3,(H,24,25)(H,26,31). The number of pyridine rings is 1. The molecule has 1 saturated heterocycles. The molecule has 4 aromatic rings. The molecular weight excluding hydrogens is 422 g/mol. The second-order valence-corrected chi connectivity index (χ2v) is 8.52. The Morgan fingerprint density at radius 3 is 2.72 bits per heavy atom. The number of imidazole rings is 1. The molecule has 1 fully saturated rings. The van der Waals surface area contributed by atoms with E-state index in [4.69, 9.17) is 12.2 Å². The molecule has 0 bridgehead atoms. The second-order valence-electron chi connectivity index (χ2n) is 8.14. The van der Waals surface area contributed by atoms with Crippen molar-refractivity contribution < 1.29 is 0 Å². The Morgan fingerprint density at radius 1 is 1.16 bits per heavy atom. The van der Waals surface area contributed by atoms with Gasteiger partial charge in [0.2, 0.25) is 5.95 Å². The lowest BCUT2D eigenvalue weighted by Crippen LogP contribution is -2.46. The highest BCUT2D eigenvalue weighted by molar-refractivity contribution is 7.71. The maximum atomic E-state index is 12.3. The van der Waals surface area contributed by atoms with Gasteiger partial charge in [-0.05, 0) is 36.8 Å². The monoisotopic (exact) mass is 449 g/mol. The molecule has 1 aromatic carbocycles. The Balaban J connectivity index is 1.29. The van der Waals surface area contributed by atoms with Crippen LogP contribution in [-0.2, 0) is 13.1 Å². The van der Waals surface area contributed by atoms with Crippen LogP contribution in [0.3, 0.4) is 0 Å². The van der Waals surface area contributed by atoms with Crippen molar-refractivity contribution in [3.05, 3.63) is 63.4 Å². The molecule has 0 unspecified atom stereocenters. The van der Waals surface area contributed by atoms with Crippen LogP contribution in [0.1, 0.15) is 12.5 Å². The summed E-state index contributed by atoms with van der Waals surface area (Å²) in [7, 11) is 1.89. The highest BCUT2D eigenvalue weighted by Crippen LogP contribution is 2.22. The Kier molecular flexibility index (Phi) is 5.44. The first kappa shape index (κ1) is 20.7. The maximum absolute atomic E-state index is 12.3. The summed E-state index contributed by atoms with van der Waals surface area (Å²) < 4.78 is 4.28. The number of nitrogens with one attached hydrogen (secondary N) is 2. The van der Waals surface area contributed by atoms with Gasteiger partial charge in [0.1, 0.15) is 4.64 Å². The molecule has 9 heteroatoms. The largest absolute Gasteiger partial charge is 0.368 e. The first-order valence-corrected chi connectivity index (χ1v) is 11.4.